The fraction of sp³-hybridized carbons (Fsp3) is 0.191. The summed E-state index contributed by atoms with van der Waals surface area (Å²) in [5.41, 5.74) is 13.7. The van der Waals surface area contributed by atoms with E-state index in [0.29, 0.717) is 30.4 Å². The second-order valence-electron chi connectivity index (χ2n) is 15.4. The van der Waals surface area contributed by atoms with Crippen LogP contribution in [0.15, 0.2) is 119 Å². The SMILES string of the molecule is Cc1cc2c(cc1C)NC(c1cc(Cc3ccc(O)c(C4CC(c5ccc([N+](=O)[O-])cc5)=Nc5cc(C)c(C)cc5N4)c3)ccc1O)CC(c1ccc([N+](=O)[O-])cc1)=N2. The number of fused-ring (bicyclic) bond motifs is 2. The van der Waals surface area contributed by atoms with Gasteiger partial charge in [-0.1, -0.05) is 12.1 Å². The molecule has 0 aliphatic carbocycles. The van der Waals surface area contributed by atoms with Gasteiger partial charge in [0.2, 0.25) is 0 Å². The van der Waals surface area contributed by atoms with Crippen LogP contribution in [0.3, 0.4) is 0 Å². The van der Waals surface area contributed by atoms with Crippen LogP contribution in [-0.4, -0.2) is 31.5 Å². The summed E-state index contributed by atoms with van der Waals surface area (Å²) in [6.07, 6.45) is 1.30. The number of rotatable bonds is 8. The molecule has 0 radical (unpaired) electrons. The molecule has 6 aromatic carbocycles. The molecule has 0 aromatic heterocycles. The second-order valence-corrected chi connectivity index (χ2v) is 15.4. The minimum absolute atomic E-state index is 0.00451. The summed E-state index contributed by atoms with van der Waals surface area (Å²) >= 11 is 0. The lowest BCUT2D eigenvalue weighted by Crippen LogP contribution is -2.15. The fourth-order valence-corrected chi connectivity index (χ4v) is 7.78. The zero-order valence-corrected chi connectivity index (χ0v) is 33.0. The summed E-state index contributed by atoms with van der Waals surface area (Å²) in [5, 5.41) is 52.8. The van der Waals surface area contributed by atoms with E-state index in [4.69, 9.17) is 9.98 Å². The van der Waals surface area contributed by atoms with Crippen molar-refractivity contribution in [2.75, 3.05) is 10.6 Å². The Labute approximate surface area is 341 Å². The third kappa shape index (κ3) is 7.97. The summed E-state index contributed by atoms with van der Waals surface area (Å²) in [4.78, 5) is 32.0. The van der Waals surface area contributed by atoms with Gasteiger partial charge in [-0.15, -0.1) is 0 Å². The molecule has 0 saturated heterocycles. The molecular weight excluding hydrogens is 745 g/mol. The van der Waals surface area contributed by atoms with Crippen LogP contribution in [0.2, 0.25) is 0 Å². The number of aryl methyl sites for hydroxylation is 4. The molecule has 2 unspecified atom stereocenters. The van der Waals surface area contributed by atoms with Gasteiger partial charge in [0.25, 0.3) is 11.4 Å². The Hall–Kier alpha value is -7.34. The number of aromatic hydroxyl groups is 2. The fourth-order valence-electron chi connectivity index (χ4n) is 7.78. The van der Waals surface area contributed by atoms with Crippen LogP contribution in [-0.2, 0) is 6.42 Å². The number of nitrogens with one attached hydrogen (secondary N) is 2. The van der Waals surface area contributed by atoms with Crippen LogP contribution in [0.4, 0.5) is 34.1 Å². The highest BCUT2D eigenvalue weighted by atomic mass is 16.6. The normalized spacial score (nSPS) is 15.9. The van der Waals surface area contributed by atoms with Gasteiger partial charge in [0, 0.05) is 48.2 Å². The summed E-state index contributed by atoms with van der Waals surface area (Å²) in [7, 11) is 0. The Morgan fingerprint density at radius 3 is 1.31 bits per heavy atom. The number of nitro benzene ring substituents is 2. The molecule has 59 heavy (non-hydrogen) atoms. The highest BCUT2D eigenvalue weighted by Crippen LogP contribution is 2.42. The van der Waals surface area contributed by atoms with Gasteiger partial charge in [-0.05, 0) is 151 Å². The quantitative estimate of drug-likeness (QED) is 0.0870. The maximum Gasteiger partial charge on any atom is 0.269 e. The molecule has 2 aliphatic heterocycles. The zero-order valence-electron chi connectivity index (χ0n) is 33.0. The van der Waals surface area contributed by atoms with Crippen LogP contribution >= 0.6 is 0 Å². The molecule has 6 aromatic rings. The molecule has 2 aliphatic rings. The highest BCUT2D eigenvalue weighted by Gasteiger charge is 2.27. The molecule has 2 heterocycles. The topological polar surface area (TPSA) is 176 Å². The van der Waals surface area contributed by atoms with Gasteiger partial charge in [-0.25, -0.2) is 0 Å². The molecule has 12 heteroatoms. The van der Waals surface area contributed by atoms with Crippen molar-refractivity contribution in [3.63, 3.8) is 0 Å². The number of aliphatic imine (C=N–C) groups is 2. The van der Waals surface area contributed by atoms with E-state index >= 15 is 0 Å². The number of anilines is 2. The minimum Gasteiger partial charge on any atom is -0.508 e. The number of phenolic OH excluding ortho intramolecular Hbond substituents is 2. The van der Waals surface area contributed by atoms with Crippen molar-refractivity contribution in [3.05, 3.63) is 185 Å². The molecule has 0 bridgehead atoms. The van der Waals surface area contributed by atoms with Gasteiger partial charge >= 0.3 is 0 Å². The number of hydrogen-bond donors (Lipinski definition) is 4. The molecule has 0 spiro atoms. The number of hydrogen-bond acceptors (Lipinski definition) is 10. The van der Waals surface area contributed by atoms with E-state index in [-0.39, 0.29) is 35.0 Å². The van der Waals surface area contributed by atoms with E-state index in [2.05, 4.69) is 22.8 Å². The van der Waals surface area contributed by atoms with Gasteiger partial charge in [0.1, 0.15) is 11.5 Å². The van der Waals surface area contributed by atoms with Crippen molar-refractivity contribution in [3.8, 4) is 11.5 Å². The van der Waals surface area contributed by atoms with E-state index in [0.717, 1.165) is 78.7 Å². The Kier molecular flexibility index (Phi) is 10.1. The third-order valence-corrected chi connectivity index (χ3v) is 11.4. The van der Waals surface area contributed by atoms with Crippen LogP contribution in [0.25, 0.3) is 0 Å². The minimum atomic E-state index is -0.424. The van der Waals surface area contributed by atoms with Crippen molar-refractivity contribution < 1.29 is 20.1 Å². The second kappa shape index (κ2) is 15.5. The highest BCUT2D eigenvalue weighted by molar-refractivity contribution is 6.05. The number of phenols is 2. The molecule has 2 atom stereocenters. The van der Waals surface area contributed by atoms with Crippen LogP contribution < -0.4 is 10.6 Å². The average molecular weight is 787 g/mol. The van der Waals surface area contributed by atoms with Crippen LogP contribution in [0.1, 0.15) is 80.6 Å². The van der Waals surface area contributed by atoms with E-state index in [9.17, 15) is 30.4 Å². The number of benzene rings is 6. The van der Waals surface area contributed by atoms with Crippen molar-refractivity contribution in [1.29, 1.82) is 0 Å². The van der Waals surface area contributed by atoms with Gasteiger partial charge < -0.3 is 20.8 Å². The molecule has 8 rings (SSSR count). The van der Waals surface area contributed by atoms with Gasteiger partial charge in [-0.3, -0.25) is 30.2 Å². The summed E-state index contributed by atoms with van der Waals surface area (Å²) in [5.74, 6) is 0.246. The molecule has 0 fully saturated rings. The van der Waals surface area contributed by atoms with Crippen LogP contribution in [0, 0.1) is 47.9 Å². The first-order chi connectivity index (χ1) is 28.3. The van der Waals surface area contributed by atoms with Crippen molar-refractivity contribution >= 4 is 45.5 Å². The van der Waals surface area contributed by atoms with Crippen molar-refractivity contribution in [1.82, 2.24) is 0 Å². The molecule has 296 valence electrons. The van der Waals surface area contributed by atoms with Crippen molar-refractivity contribution in [2.45, 2.75) is 59.0 Å². The molecule has 0 amide bonds. The maximum atomic E-state index is 11.4. The standard InChI is InChI=1S/C47H42N6O6/c1-26-17-42-44(19-28(26)3)50-40(24-38(48-42)32-7-11-34(12-8-32)52(56)57)36-22-30(5-15-46(36)54)21-31-6-16-47(55)37(23-31)41-25-39(33-9-13-35(14-10-33)53(58)59)49-43-18-27(2)29(4)20-45(43)51-41/h5-20,22-23,40-41,50-51,54-55H,21,24-25H2,1-4H3. The number of nitro groups is 2. The predicted molar refractivity (Wildman–Crippen MR) is 231 cm³/mol. The molecule has 12 nitrogen and oxygen atoms in total. The lowest BCUT2D eigenvalue weighted by molar-refractivity contribution is -0.385. The van der Waals surface area contributed by atoms with E-state index in [1.54, 1.807) is 36.4 Å². The van der Waals surface area contributed by atoms with Gasteiger partial charge in [0.05, 0.1) is 56.1 Å². The smallest absolute Gasteiger partial charge is 0.269 e. The summed E-state index contributed by atoms with van der Waals surface area (Å²) < 4.78 is 0. The average Bonchev–Trinajstić information content (AvgIpc) is 3.51. The maximum absolute atomic E-state index is 11.4. The first kappa shape index (κ1) is 38.5. The number of non-ortho nitro benzene ring substituents is 2. The molecule has 4 N–H and O–H groups in total. The van der Waals surface area contributed by atoms with Crippen LogP contribution in [0.5, 0.6) is 11.5 Å². The van der Waals surface area contributed by atoms with E-state index in [1.807, 2.05) is 64.1 Å². The predicted octanol–water partition coefficient (Wildman–Crippen LogP) is 11.1. The number of nitrogens with zero attached hydrogens (tertiary/aromatic N) is 4. The Bertz CT molecular complexity index is 2540. The lowest BCUT2D eigenvalue weighted by Gasteiger charge is -2.22. The monoisotopic (exact) mass is 786 g/mol. The van der Waals surface area contributed by atoms with E-state index < -0.39 is 9.85 Å². The molecule has 0 saturated carbocycles. The zero-order chi connectivity index (χ0) is 41.5. The molecular formula is C47H42N6O6. The van der Waals surface area contributed by atoms with Gasteiger partial charge in [0.15, 0.2) is 0 Å². The first-order valence-corrected chi connectivity index (χ1v) is 19.3. The Morgan fingerprint density at radius 2 is 0.932 bits per heavy atom. The first-order valence-electron chi connectivity index (χ1n) is 19.3. The Balaban J connectivity index is 1.12. The van der Waals surface area contributed by atoms with E-state index in [1.165, 1.54) is 24.3 Å². The van der Waals surface area contributed by atoms with Crippen molar-refractivity contribution in [2.24, 2.45) is 9.98 Å². The van der Waals surface area contributed by atoms with Gasteiger partial charge in [-0.2, -0.15) is 0 Å². The Morgan fingerprint density at radius 1 is 0.559 bits per heavy atom. The largest absolute Gasteiger partial charge is 0.508 e. The lowest BCUT2D eigenvalue weighted by atomic mass is 9.92. The summed E-state index contributed by atoms with van der Waals surface area (Å²) in [6, 6.07) is 31.3. The third-order valence-electron chi connectivity index (χ3n) is 11.4. The summed E-state index contributed by atoms with van der Waals surface area (Å²) in [6.45, 7) is 8.13.